The van der Waals surface area contributed by atoms with Gasteiger partial charge in [-0.05, 0) is 63.1 Å². The van der Waals surface area contributed by atoms with Crippen LogP contribution in [-0.2, 0) is 0 Å². The minimum atomic E-state index is -4.36. The molecule has 1 aromatic carbocycles. The van der Waals surface area contributed by atoms with E-state index in [2.05, 4.69) is 5.32 Å². The summed E-state index contributed by atoms with van der Waals surface area (Å²) in [5.41, 5.74) is 0.338. The molecule has 1 N–H and O–H groups in total. The molecular weight excluding hydrogens is 476 g/mol. The molecule has 1 aliphatic carbocycles. The standard InChI is InChI=1S/C23H31Cl2F3N4O/c24-18-3-1-4-19(21(18)25)32-14-13-30(15-20(32)23(26,27)28)12-9-16-5-7-17(8-6-16)29-22(33)31-10-2-11-31/h1,3-4,16-17,20H,2,5-15H2,(H,29,33)/t16?,17?,20-/m0/s1. The molecule has 0 radical (unpaired) electrons. The number of piperazine rings is 1. The third kappa shape index (κ3) is 6.01. The van der Waals surface area contributed by atoms with Crippen LogP contribution in [0.5, 0.6) is 0 Å². The van der Waals surface area contributed by atoms with Gasteiger partial charge in [-0.3, -0.25) is 4.90 Å². The van der Waals surface area contributed by atoms with Crippen LogP contribution in [0.3, 0.4) is 0 Å². The number of halogens is 5. The largest absolute Gasteiger partial charge is 0.409 e. The van der Waals surface area contributed by atoms with E-state index in [-0.39, 0.29) is 35.2 Å². The predicted molar refractivity (Wildman–Crippen MR) is 125 cm³/mol. The molecular formula is C23H31Cl2F3N4O. The van der Waals surface area contributed by atoms with E-state index in [9.17, 15) is 18.0 Å². The zero-order chi connectivity index (χ0) is 23.6. The summed E-state index contributed by atoms with van der Waals surface area (Å²) in [4.78, 5) is 17.2. The lowest BCUT2D eigenvalue weighted by atomic mass is 9.84. The van der Waals surface area contributed by atoms with Crippen LogP contribution >= 0.6 is 23.2 Å². The molecule has 2 amide bonds. The highest BCUT2D eigenvalue weighted by molar-refractivity contribution is 6.43. The molecule has 2 heterocycles. The van der Waals surface area contributed by atoms with E-state index in [4.69, 9.17) is 23.2 Å². The smallest absolute Gasteiger partial charge is 0.356 e. The highest BCUT2D eigenvalue weighted by atomic mass is 35.5. The first-order valence-corrected chi connectivity index (χ1v) is 12.5. The second kappa shape index (κ2) is 10.5. The first-order chi connectivity index (χ1) is 15.7. The van der Waals surface area contributed by atoms with Gasteiger partial charge >= 0.3 is 12.2 Å². The van der Waals surface area contributed by atoms with Crippen molar-refractivity contribution in [2.24, 2.45) is 5.92 Å². The highest BCUT2D eigenvalue weighted by Gasteiger charge is 2.47. The fraction of sp³-hybridized carbons (Fsp3) is 0.696. The van der Waals surface area contributed by atoms with Crippen LogP contribution in [0.25, 0.3) is 0 Å². The van der Waals surface area contributed by atoms with E-state index in [1.807, 2.05) is 9.80 Å². The lowest BCUT2D eigenvalue weighted by Gasteiger charge is -2.44. The average Bonchev–Trinajstić information content (AvgIpc) is 2.73. The van der Waals surface area contributed by atoms with Crippen molar-refractivity contribution in [1.82, 2.24) is 15.1 Å². The monoisotopic (exact) mass is 506 g/mol. The molecule has 2 aliphatic heterocycles. The van der Waals surface area contributed by atoms with Crippen molar-refractivity contribution in [1.29, 1.82) is 0 Å². The number of carbonyl (C=O) groups is 1. The van der Waals surface area contributed by atoms with E-state index in [0.717, 1.165) is 51.6 Å². The van der Waals surface area contributed by atoms with Crippen LogP contribution in [0.4, 0.5) is 23.7 Å². The Kier molecular flexibility index (Phi) is 7.86. The number of nitrogens with zero attached hydrogens (tertiary/aromatic N) is 3. The zero-order valence-corrected chi connectivity index (χ0v) is 20.1. The second-order valence-electron chi connectivity index (χ2n) is 9.42. The number of nitrogens with one attached hydrogen (secondary N) is 1. The number of hydrogen-bond acceptors (Lipinski definition) is 3. The maximum atomic E-state index is 13.9. The molecule has 1 aromatic rings. The Morgan fingerprint density at radius 3 is 2.42 bits per heavy atom. The molecule has 5 nitrogen and oxygen atoms in total. The summed E-state index contributed by atoms with van der Waals surface area (Å²) in [6, 6.07) is 3.45. The summed E-state index contributed by atoms with van der Waals surface area (Å²) in [6.07, 6.45) is 1.49. The normalized spacial score (nSPS) is 26.8. The van der Waals surface area contributed by atoms with Gasteiger partial charge in [0.25, 0.3) is 0 Å². The number of amides is 2. The number of benzene rings is 1. The fourth-order valence-electron chi connectivity index (χ4n) is 5.07. The minimum absolute atomic E-state index is 0.0422. The van der Waals surface area contributed by atoms with Crippen LogP contribution in [0.1, 0.15) is 38.5 Å². The second-order valence-corrected chi connectivity index (χ2v) is 10.2. The number of likely N-dealkylation sites (tertiary alicyclic amines) is 1. The molecule has 33 heavy (non-hydrogen) atoms. The summed E-state index contributed by atoms with van der Waals surface area (Å²) in [5.74, 6) is 0.493. The third-order valence-corrected chi connectivity index (χ3v) is 8.06. The predicted octanol–water partition coefficient (Wildman–Crippen LogP) is 5.41. The molecule has 1 atom stereocenters. The molecule has 184 valence electrons. The van der Waals surface area contributed by atoms with Crippen molar-refractivity contribution in [3.8, 4) is 0 Å². The minimum Gasteiger partial charge on any atom is -0.356 e. The molecule has 2 saturated heterocycles. The molecule has 0 bridgehead atoms. The first-order valence-electron chi connectivity index (χ1n) is 11.8. The third-order valence-electron chi connectivity index (χ3n) is 7.25. The number of anilines is 1. The van der Waals surface area contributed by atoms with E-state index in [1.54, 1.807) is 18.2 Å². The Bertz CT molecular complexity index is 828. The quantitative estimate of drug-likeness (QED) is 0.580. The van der Waals surface area contributed by atoms with Crippen LogP contribution in [0, 0.1) is 5.92 Å². The van der Waals surface area contributed by atoms with Crippen molar-refractivity contribution in [3.63, 3.8) is 0 Å². The van der Waals surface area contributed by atoms with Gasteiger partial charge in [0.15, 0.2) is 0 Å². The Morgan fingerprint density at radius 2 is 1.79 bits per heavy atom. The van der Waals surface area contributed by atoms with Crippen LogP contribution < -0.4 is 10.2 Å². The van der Waals surface area contributed by atoms with Gasteiger partial charge < -0.3 is 15.1 Å². The topological polar surface area (TPSA) is 38.8 Å². The molecule has 1 saturated carbocycles. The highest BCUT2D eigenvalue weighted by Crippen LogP contribution is 2.38. The summed E-state index contributed by atoms with van der Waals surface area (Å²) >= 11 is 12.3. The van der Waals surface area contributed by atoms with Gasteiger partial charge in [0, 0.05) is 38.8 Å². The van der Waals surface area contributed by atoms with Gasteiger partial charge in [0.1, 0.15) is 6.04 Å². The van der Waals surface area contributed by atoms with E-state index < -0.39 is 12.2 Å². The molecule has 10 heteroatoms. The van der Waals surface area contributed by atoms with Crippen LogP contribution in [-0.4, -0.2) is 73.4 Å². The van der Waals surface area contributed by atoms with Crippen molar-refractivity contribution < 1.29 is 18.0 Å². The van der Waals surface area contributed by atoms with Crippen molar-refractivity contribution in [2.45, 2.75) is 56.8 Å². The Labute approximate surface area is 203 Å². The fourth-order valence-corrected chi connectivity index (χ4v) is 5.48. The van der Waals surface area contributed by atoms with Gasteiger partial charge in [-0.25, -0.2) is 4.79 Å². The van der Waals surface area contributed by atoms with Crippen LogP contribution in [0.15, 0.2) is 18.2 Å². The Balaban J connectivity index is 1.27. The van der Waals surface area contributed by atoms with E-state index in [1.165, 1.54) is 4.90 Å². The summed E-state index contributed by atoms with van der Waals surface area (Å²) in [5, 5.41) is 3.55. The maximum Gasteiger partial charge on any atom is 0.409 e. The van der Waals surface area contributed by atoms with Crippen LogP contribution in [0.2, 0.25) is 10.0 Å². The summed E-state index contributed by atoms with van der Waals surface area (Å²) < 4.78 is 41.8. The lowest BCUT2D eigenvalue weighted by Crippen LogP contribution is -2.59. The summed E-state index contributed by atoms with van der Waals surface area (Å²) in [6.45, 7) is 3.07. The maximum absolute atomic E-state index is 13.9. The number of urea groups is 1. The van der Waals surface area contributed by atoms with E-state index in [0.29, 0.717) is 24.7 Å². The van der Waals surface area contributed by atoms with Gasteiger partial charge in [-0.2, -0.15) is 13.2 Å². The SMILES string of the molecule is O=C(NC1CCC(CCN2CCN(c3cccc(Cl)c3Cl)[C@H](C(F)(F)F)C2)CC1)N1CCC1. The molecule has 3 fully saturated rings. The van der Waals surface area contributed by atoms with Crippen molar-refractivity contribution >= 4 is 34.9 Å². The lowest BCUT2D eigenvalue weighted by molar-refractivity contribution is -0.156. The summed E-state index contributed by atoms with van der Waals surface area (Å²) in [7, 11) is 0. The first kappa shape index (κ1) is 24.7. The average molecular weight is 507 g/mol. The van der Waals surface area contributed by atoms with E-state index >= 15 is 0 Å². The molecule has 3 aliphatic rings. The number of carbonyl (C=O) groups excluding carboxylic acids is 1. The Hall–Kier alpha value is -1.38. The van der Waals surface area contributed by atoms with Crippen molar-refractivity contribution in [3.05, 3.63) is 28.2 Å². The van der Waals surface area contributed by atoms with Gasteiger partial charge in [-0.15, -0.1) is 0 Å². The Morgan fingerprint density at radius 1 is 1.06 bits per heavy atom. The van der Waals surface area contributed by atoms with Crippen molar-refractivity contribution in [2.75, 3.05) is 44.2 Å². The number of hydrogen-bond donors (Lipinski definition) is 1. The number of alkyl halides is 3. The van der Waals surface area contributed by atoms with Gasteiger partial charge in [-0.1, -0.05) is 29.3 Å². The molecule has 4 rings (SSSR count). The molecule has 0 aromatic heterocycles. The van der Waals surface area contributed by atoms with Gasteiger partial charge in [0.2, 0.25) is 0 Å². The molecule has 0 spiro atoms. The molecule has 0 unspecified atom stereocenters. The van der Waals surface area contributed by atoms with Gasteiger partial charge in [0.05, 0.1) is 15.7 Å². The zero-order valence-electron chi connectivity index (χ0n) is 18.6. The number of rotatable bonds is 5.